The molecule has 2 aromatic carbocycles. The van der Waals surface area contributed by atoms with Gasteiger partial charge in [0.25, 0.3) is 5.69 Å². The molecule has 0 saturated carbocycles. The fourth-order valence-corrected chi connectivity index (χ4v) is 5.22. The third-order valence-corrected chi connectivity index (χ3v) is 7.33. The van der Waals surface area contributed by atoms with Crippen LogP contribution in [-0.4, -0.2) is 59.2 Å². The van der Waals surface area contributed by atoms with Crippen LogP contribution in [-0.2, 0) is 21.4 Å². The molecule has 1 aliphatic rings. The van der Waals surface area contributed by atoms with Crippen LogP contribution in [0.3, 0.4) is 0 Å². The number of aromatic nitrogens is 1. The average Bonchev–Trinajstić information content (AvgIpc) is 3.13. The third-order valence-electron chi connectivity index (χ3n) is 5.37. The number of carbonyl (C=O) groups excluding carboxylic acids is 1. The second-order valence-corrected chi connectivity index (χ2v) is 9.16. The van der Waals surface area contributed by atoms with Gasteiger partial charge in [0.1, 0.15) is 12.6 Å². The van der Waals surface area contributed by atoms with E-state index < -0.39 is 26.6 Å². The predicted octanol–water partition coefficient (Wildman–Crippen LogP) is 0.907. The van der Waals surface area contributed by atoms with E-state index in [4.69, 9.17) is 4.42 Å². The molecule has 1 amide bonds. The van der Waals surface area contributed by atoms with Crippen molar-refractivity contribution in [1.29, 1.82) is 5.26 Å². The van der Waals surface area contributed by atoms with Crippen LogP contribution < -0.4 is 5.76 Å². The molecule has 33 heavy (non-hydrogen) atoms. The van der Waals surface area contributed by atoms with E-state index in [0.717, 1.165) is 10.6 Å². The lowest BCUT2D eigenvalue weighted by molar-refractivity contribution is -0.384. The summed E-state index contributed by atoms with van der Waals surface area (Å²) in [6, 6.07) is 11.4. The first-order valence-electron chi connectivity index (χ1n) is 9.77. The van der Waals surface area contributed by atoms with Gasteiger partial charge in [-0.05, 0) is 18.2 Å². The summed E-state index contributed by atoms with van der Waals surface area (Å²) in [7, 11) is -3.90. The van der Waals surface area contributed by atoms with Crippen molar-refractivity contribution in [1.82, 2.24) is 13.8 Å². The molecule has 1 aromatic heterocycles. The van der Waals surface area contributed by atoms with Gasteiger partial charge in [0.05, 0.1) is 27.0 Å². The van der Waals surface area contributed by atoms with Gasteiger partial charge in [-0.2, -0.15) is 9.57 Å². The van der Waals surface area contributed by atoms with Crippen molar-refractivity contribution < 1.29 is 22.6 Å². The summed E-state index contributed by atoms with van der Waals surface area (Å²) in [6.45, 7) is -0.0959. The number of oxazole rings is 1. The molecule has 1 fully saturated rings. The molecule has 0 atom stereocenters. The van der Waals surface area contributed by atoms with Crippen molar-refractivity contribution in [2.45, 2.75) is 11.4 Å². The van der Waals surface area contributed by atoms with E-state index in [-0.39, 0.29) is 60.0 Å². The van der Waals surface area contributed by atoms with Crippen LogP contribution in [0.2, 0.25) is 0 Å². The lowest BCUT2D eigenvalue weighted by atomic mass is 10.2. The minimum Gasteiger partial charge on any atom is -0.407 e. The van der Waals surface area contributed by atoms with Crippen LogP contribution in [0.15, 0.2) is 56.6 Å². The predicted molar refractivity (Wildman–Crippen MR) is 114 cm³/mol. The molecule has 0 N–H and O–H groups in total. The molecule has 1 saturated heterocycles. The number of rotatable bonds is 5. The topological polar surface area (TPSA) is 160 Å². The Kier molecular flexibility index (Phi) is 5.71. The first kappa shape index (κ1) is 22.2. The number of sulfonamides is 1. The molecule has 2 heterocycles. The SMILES string of the molecule is N#Cc1ccccc1S(=O)(=O)N1CCN(C(=O)Cn2c(=O)oc3cc([N+](=O)[O-])ccc32)CC1. The van der Waals surface area contributed by atoms with E-state index >= 15 is 0 Å². The Labute approximate surface area is 187 Å². The highest BCUT2D eigenvalue weighted by atomic mass is 32.2. The zero-order chi connectivity index (χ0) is 23.8. The minimum absolute atomic E-state index is 0.00549. The molecule has 0 bridgehead atoms. The van der Waals surface area contributed by atoms with Crippen molar-refractivity contribution in [2.24, 2.45) is 0 Å². The lowest BCUT2D eigenvalue weighted by Gasteiger charge is -2.34. The Morgan fingerprint density at radius 3 is 2.52 bits per heavy atom. The Balaban J connectivity index is 1.47. The Hall–Kier alpha value is -4.02. The van der Waals surface area contributed by atoms with E-state index in [2.05, 4.69) is 0 Å². The summed E-state index contributed by atoms with van der Waals surface area (Å²) in [5.74, 6) is -1.25. The third kappa shape index (κ3) is 4.09. The summed E-state index contributed by atoms with van der Waals surface area (Å²) >= 11 is 0. The molecule has 170 valence electrons. The van der Waals surface area contributed by atoms with Gasteiger partial charge < -0.3 is 9.32 Å². The van der Waals surface area contributed by atoms with Gasteiger partial charge in [0.2, 0.25) is 15.9 Å². The van der Waals surface area contributed by atoms with E-state index in [1.54, 1.807) is 6.07 Å². The highest BCUT2D eigenvalue weighted by molar-refractivity contribution is 7.89. The fourth-order valence-electron chi connectivity index (χ4n) is 3.65. The number of hydrogen-bond acceptors (Lipinski definition) is 8. The van der Waals surface area contributed by atoms with Crippen LogP contribution in [0, 0.1) is 21.4 Å². The Bertz CT molecular complexity index is 1460. The monoisotopic (exact) mass is 471 g/mol. The van der Waals surface area contributed by atoms with Crippen molar-refractivity contribution in [3.8, 4) is 6.07 Å². The van der Waals surface area contributed by atoms with Crippen LogP contribution >= 0.6 is 0 Å². The highest BCUT2D eigenvalue weighted by Gasteiger charge is 2.32. The molecule has 12 nitrogen and oxygen atoms in total. The first-order valence-corrected chi connectivity index (χ1v) is 11.2. The van der Waals surface area contributed by atoms with E-state index in [1.165, 1.54) is 39.5 Å². The standard InChI is InChI=1S/C20H17N5O7S/c21-12-14-3-1-2-4-18(14)33(30,31)23-9-7-22(8-10-23)19(26)13-24-16-6-5-15(25(28)29)11-17(16)32-20(24)27/h1-6,11H,7-10,13H2. The summed E-state index contributed by atoms with van der Waals surface area (Å²) < 4.78 is 33.2. The van der Waals surface area contributed by atoms with Crippen molar-refractivity contribution in [3.63, 3.8) is 0 Å². The van der Waals surface area contributed by atoms with Gasteiger partial charge in [0, 0.05) is 32.2 Å². The van der Waals surface area contributed by atoms with Gasteiger partial charge in [0.15, 0.2) is 5.58 Å². The number of nitriles is 1. The Morgan fingerprint density at radius 1 is 1.15 bits per heavy atom. The van der Waals surface area contributed by atoms with Gasteiger partial charge in [-0.15, -0.1) is 0 Å². The summed E-state index contributed by atoms with van der Waals surface area (Å²) in [5.41, 5.74) is 0.0369. The van der Waals surface area contributed by atoms with Gasteiger partial charge in [-0.3, -0.25) is 19.5 Å². The number of non-ortho nitro benzene ring substituents is 1. The van der Waals surface area contributed by atoms with Gasteiger partial charge in [-0.25, -0.2) is 13.2 Å². The maximum atomic E-state index is 12.9. The Morgan fingerprint density at radius 2 is 1.85 bits per heavy atom. The number of nitro groups is 1. The van der Waals surface area contributed by atoms with Crippen molar-refractivity contribution in [2.75, 3.05) is 26.2 Å². The molecule has 0 aliphatic carbocycles. The number of nitrogens with zero attached hydrogens (tertiary/aromatic N) is 5. The number of nitro benzene ring substituents is 1. The average molecular weight is 471 g/mol. The summed E-state index contributed by atoms with van der Waals surface area (Å²) in [6.07, 6.45) is 0. The molecule has 13 heteroatoms. The molecule has 3 aromatic rings. The van der Waals surface area contributed by atoms with Crippen molar-refractivity contribution >= 4 is 32.7 Å². The highest BCUT2D eigenvalue weighted by Crippen LogP contribution is 2.22. The number of fused-ring (bicyclic) bond motifs is 1. The van der Waals surface area contributed by atoms with Crippen LogP contribution in [0.4, 0.5) is 5.69 Å². The van der Waals surface area contributed by atoms with E-state index in [1.807, 2.05) is 6.07 Å². The number of hydrogen-bond donors (Lipinski definition) is 0. The largest absolute Gasteiger partial charge is 0.420 e. The molecular weight excluding hydrogens is 454 g/mol. The van der Waals surface area contributed by atoms with Crippen molar-refractivity contribution in [3.05, 3.63) is 68.7 Å². The smallest absolute Gasteiger partial charge is 0.407 e. The summed E-state index contributed by atoms with van der Waals surface area (Å²) in [5, 5.41) is 20.1. The zero-order valence-electron chi connectivity index (χ0n) is 17.1. The second kappa shape index (κ2) is 8.49. The molecular formula is C20H17N5O7S. The van der Waals surface area contributed by atoms with E-state index in [9.17, 15) is 33.4 Å². The number of amides is 1. The fraction of sp³-hybridized carbons (Fsp3) is 0.250. The molecule has 0 radical (unpaired) electrons. The quantitative estimate of drug-likeness (QED) is 0.392. The lowest BCUT2D eigenvalue weighted by Crippen LogP contribution is -2.51. The van der Waals surface area contributed by atoms with Crippen LogP contribution in [0.5, 0.6) is 0 Å². The number of carbonyl (C=O) groups is 1. The first-order chi connectivity index (χ1) is 15.7. The normalized spacial score (nSPS) is 14.8. The zero-order valence-corrected chi connectivity index (χ0v) is 17.9. The second-order valence-electron chi connectivity index (χ2n) is 7.26. The molecule has 1 aliphatic heterocycles. The van der Waals surface area contributed by atoms with Gasteiger partial charge >= 0.3 is 5.76 Å². The molecule has 4 rings (SSSR count). The van der Waals surface area contributed by atoms with E-state index in [0.29, 0.717) is 0 Å². The van der Waals surface area contributed by atoms with Crippen LogP contribution in [0.1, 0.15) is 5.56 Å². The number of benzene rings is 2. The van der Waals surface area contributed by atoms with Crippen LogP contribution in [0.25, 0.3) is 11.1 Å². The maximum absolute atomic E-state index is 12.9. The maximum Gasteiger partial charge on any atom is 0.420 e. The number of piperazine rings is 1. The minimum atomic E-state index is -3.90. The summed E-state index contributed by atoms with van der Waals surface area (Å²) in [4.78, 5) is 36.6. The van der Waals surface area contributed by atoms with Gasteiger partial charge in [-0.1, -0.05) is 12.1 Å². The molecule has 0 unspecified atom stereocenters. The molecule has 0 spiro atoms.